The van der Waals surface area contributed by atoms with Crippen molar-refractivity contribution in [1.82, 2.24) is 0 Å². The van der Waals surface area contributed by atoms with Gasteiger partial charge in [0, 0.05) is 11.9 Å². The van der Waals surface area contributed by atoms with Crippen molar-refractivity contribution in [1.29, 1.82) is 0 Å². The SMILES string of the molecule is CCCCCCCCC=CCCCCCCCC(=O)[O-].CCCCCCCCCCCCCCCC(=O)[O-].[K+].[K+]. The number of carboxylic acids is 2. The van der Waals surface area contributed by atoms with Crippen LogP contribution in [-0.2, 0) is 9.59 Å². The molecule has 4 nitrogen and oxygen atoms in total. The van der Waals surface area contributed by atoms with Crippen molar-refractivity contribution in [2.24, 2.45) is 0 Å². The average molecular weight is 615 g/mol. The molecule has 0 saturated heterocycles. The van der Waals surface area contributed by atoms with E-state index in [1.165, 1.54) is 135 Å². The van der Waals surface area contributed by atoms with Gasteiger partial charge in [-0.15, -0.1) is 0 Å². The van der Waals surface area contributed by atoms with Crippen molar-refractivity contribution in [3.8, 4) is 0 Å². The number of carbonyl (C=O) groups is 2. The van der Waals surface area contributed by atoms with Crippen molar-refractivity contribution in [2.75, 3.05) is 0 Å². The van der Waals surface area contributed by atoms with Crippen LogP contribution in [0.25, 0.3) is 0 Å². The third kappa shape index (κ3) is 52.6. The van der Waals surface area contributed by atoms with Gasteiger partial charge in [0.15, 0.2) is 0 Å². The number of carboxylic acid groups (broad SMARTS) is 2. The molecule has 0 fully saturated rings. The Balaban J connectivity index is -0.000000310. The second-order valence-corrected chi connectivity index (χ2v) is 11.1. The van der Waals surface area contributed by atoms with Gasteiger partial charge in [-0.25, -0.2) is 0 Å². The van der Waals surface area contributed by atoms with E-state index in [2.05, 4.69) is 26.0 Å². The standard InChI is InChI=1S/C18H34O2.C16H32O2.2K/c1-2-3-4-5-6-7-8-9-10-11-12-13-14-15-16-17-18(19)20;1-2-3-4-5-6-7-8-9-10-11-12-13-14-15-16(17)18;;/h9-10H,2-8,11-17H2,1H3,(H,19,20);2-15H2,1H3,(H,17,18);;/q;;2*+1/p-2. The number of unbranched alkanes of at least 4 members (excludes halogenated alkanes) is 23. The van der Waals surface area contributed by atoms with Crippen molar-refractivity contribution in [3.05, 3.63) is 12.2 Å². The zero-order valence-corrected chi connectivity index (χ0v) is 33.8. The molecule has 0 aliphatic carbocycles. The Morgan fingerprint density at radius 2 is 0.625 bits per heavy atom. The minimum atomic E-state index is -0.914. The summed E-state index contributed by atoms with van der Waals surface area (Å²) in [5.74, 6) is -1.82. The average Bonchev–Trinajstić information content (AvgIpc) is 2.89. The van der Waals surface area contributed by atoms with Crippen LogP contribution in [0, 0.1) is 0 Å². The van der Waals surface area contributed by atoms with Crippen LogP contribution in [0.1, 0.15) is 194 Å². The molecule has 6 heteroatoms. The van der Waals surface area contributed by atoms with Crippen molar-refractivity contribution in [3.63, 3.8) is 0 Å². The molecular formula is C34H64K2O4. The quantitative estimate of drug-likeness (QED) is 0.0737. The predicted molar refractivity (Wildman–Crippen MR) is 160 cm³/mol. The summed E-state index contributed by atoms with van der Waals surface area (Å²) in [6.45, 7) is 4.51. The van der Waals surface area contributed by atoms with Crippen LogP contribution >= 0.6 is 0 Å². The Morgan fingerprint density at radius 3 is 0.875 bits per heavy atom. The Kier molecular flexibility index (Phi) is 55.4. The third-order valence-electron chi connectivity index (χ3n) is 7.13. The summed E-state index contributed by atoms with van der Waals surface area (Å²) in [7, 11) is 0. The first-order valence-electron chi connectivity index (χ1n) is 16.6. The van der Waals surface area contributed by atoms with Gasteiger partial charge in [-0.05, 0) is 51.4 Å². The molecule has 0 aliphatic heterocycles. The molecule has 0 aromatic heterocycles. The largest absolute Gasteiger partial charge is 1.00 e. The van der Waals surface area contributed by atoms with Crippen molar-refractivity contribution < 1.29 is 123 Å². The van der Waals surface area contributed by atoms with Gasteiger partial charge in [0.25, 0.3) is 0 Å². The summed E-state index contributed by atoms with van der Waals surface area (Å²) in [5, 5.41) is 20.4. The van der Waals surface area contributed by atoms with Crippen LogP contribution in [0.5, 0.6) is 0 Å². The molecule has 0 heterocycles. The van der Waals surface area contributed by atoms with E-state index in [1.807, 2.05) is 0 Å². The molecule has 0 aromatic carbocycles. The van der Waals surface area contributed by atoms with Crippen LogP contribution in [-0.4, -0.2) is 11.9 Å². The maximum absolute atomic E-state index is 10.2. The molecule has 0 radical (unpaired) electrons. The van der Waals surface area contributed by atoms with E-state index in [0.717, 1.165) is 32.1 Å². The number of aliphatic carboxylic acids is 2. The molecule has 0 unspecified atom stereocenters. The summed E-state index contributed by atoms with van der Waals surface area (Å²) in [5.41, 5.74) is 0. The van der Waals surface area contributed by atoms with Gasteiger partial charge in [0.1, 0.15) is 0 Å². The molecule has 0 aliphatic rings. The second-order valence-electron chi connectivity index (χ2n) is 11.1. The van der Waals surface area contributed by atoms with Gasteiger partial charge in [0.2, 0.25) is 0 Å². The van der Waals surface area contributed by atoms with Crippen LogP contribution in [0.2, 0.25) is 0 Å². The first-order chi connectivity index (χ1) is 18.5. The topological polar surface area (TPSA) is 80.3 Å². The van der Waals surface area contributed by atoms with E-state index in [1.54, 1.807) is 0 Å². The number of allylic oxidation sites excluding steroid dienone is 2. The fraction of sp³-hybridized carbons (Fsp3) is 0.882. The predicted octanol–water partition coefficient (Wildman–Crippen LogP) is 3.00. The Hall–Kier alpha value is 1.95. The Labute approximate surface area is 335 Å². The molecule has 0 N–H and O–H groups in total. The van der Waals surface area contributed by atoms with Gasteiger partial charge < -0.3 is 19.8 Å². The second kappa shape index (κ2) is 45.4. The van der Waals surface area contributed by atoms with E-state index in [-0.39, 0.29) is 116 Å². The number of hydrogen-bond donors (Lipinski definition) is 0. The minimum Gasteiger partial charge on any atom is -0.550 e. The maximum atomic E-state index is 10.2. The Bertz CT molecular complexity index is 512. The molecule has 0 amide bonds. The van der Waals surface area contributed by atoms with E-state index in [0.29, 0.717) is 0 Å². The number of rotatable bonds is 29. The maximum Gasteiger partial charge on any atom is 1.00 e. The number of carbonyl (C=O) groups excluding carboxylic acids is 2. The normalized spacial score (nSPS) is 10.4. The van der Waals surface area contributed by atoms with E-state index in [4.69, 9.17) is 0 Å². The van der Waals surface area contributed by atoms with E-state index < -0.39 is 11.9 Å². The van der Waals surface area contributed by atoms with Crippen molar-refractivity contribution >= 4 is 11.9 Å². The molecular weight excluding hydrogens is 551 g/mol. The molecule has 0 atom stereocenters. The van der Waals surface area contributed by atoms with Gasteiger partial charge in [0.05, 0.1) is 0 Å². The molecule has 226 valence electrons. The molecule has 0 aromatic rings. The smallest absolute Gasteiger partial charge is 0.550 e. The van der Waals surface area contributed by atoms with Crippen LogP contribution in [0.3, 0.4) is 0 Å². The zero-order valence-electron chi connectivity index (χ0n) is 27.6. The van der Waals surface area contributed by atoms with Crippen LogP contribution in [0.15, 0.2) is 12.2 Å². The number of hydrogen-bond acceptors (Lipinski definition) is 4. The third-order valence-corrected chi connectivity index (χ3v) is 7.13. The minimum absolute atomic E-state index is 0. The fourth-order valence-electron chi connectivity index (χ4n) is 4.63. The van der Waals surface area contributed by atoms with E-state index in [9.17, 15) is 19.8 Å². The fourth-order valence-corrected chi connectivity index (χ4v) is 4.63. The van der Waals surface area contributed by atoms with Gasteiger partial charge >= 0.3 is 103 Å². The summed E-state index contributed by atoms with van der Waals surface area (Å²) in [4.78, 5) is 20.4. The molecule has 0 rings (SSSR count). The first kappa shape index (κ1) is 48.8. The first-order valence-corrected chi connectivity index (χ1v) is 16.6. The monoisotopic (exact) mass is 614 g/mol. The summed E-state index contributed by atoms with van der Waals surface area (Å²) >= 11 is 0. The van der Waals surface area contributed by atoms with Crippen molar-refractivity contribution in [2.45, 2.75) is 194 Å². The zero-order chi connectivity index (χ0) is 28.4. The Morgan fingerprint density at radius 1 is 0.400 bits per heavy atom. The molecule has 40 heavy (non-hydrogen) atoms. The molecule has 0 spiro atoms. The van der Waals surface area contributed by atoms with Crippen LogP contribution < -0.4 is 113 Å². The molecule has 0 bridgehead atoms. The van der Waals surface area contributed by atoms with Gasteiger partial charge in [-0.2, -0.15) is 0 Å². The summed E-state index contributed by atoms with van der Waals surface area (Å²) in [6.07, 6.45) is 37.8. The van der Waals surface area contributed by atoms with E-state index >= 15 is 0 Å². The summed E-state index contributed by atoms with van der Waals surface area (Å²) in [6, 6.07) is 0. The van der Waals surface area contributed by atoms with Gasteiger partial charge in [-0.1, -0.05) is 154 Å². The molecule has 0 saturated carbocycles. The van der Waals surface area contributed by atoms with Gasteiger partial charge in [-0.3, -0.25) is 0 Å². The van der Waals surface area contributed by atoms with Crippen LogP contribution in [0.4, 0.5) is 0 Å². The summed E-state index contributed by atoms with van der Waals surface area (Å²) < 4.78 is 0.